The van der Waals surface area contributed by atoms with Crippen LogP contribution in [0.25, 0.3) is 5.57 Å². The molecule has 1 aliphatic carbocycles. The fraction of sp³-hybridized carbons (Fsp3) is 0.441. The summed E-state index contributed by atoms with van der Waals surface area (Å²) < 4.78 is 104. The predicted molar refractivity (Wildman–Crippen MR) is 314 cm³/mol. The first-order valence-corrected chi connectivity index (χ1v) is 32.0. The molecule has 2 atom stereocenters. The van der Waals surface area contributed by atoms with Crippen LogP contribution < -0.4 is 14.9 Å². The van der Waals surface area contributed by atoms with Crippen LogP contribution in [0.15, 0.2) is 136 Å². The normalized spacial score (nSPS) is 19.8. The molecule has 3 fully saturated rings. The second-order valence-corrected chi connectivity index (χ2v) is 27.0. The maximum absolute atomic E-state index is 14.3. The van der Waals surface area contributed by atoms with Gasteiger partial charge in [0.15, 0.2) is 0 Å². The lowest BCUT2D eigenvalue weighted by atomic mass is 9.71. The first kappa shape index (κ1) is 61.0. The number of benzene rings is 4. The van der Waals surface area contributed by atoms with E-state index in [-0.39, 0.29) is 16.5 Å². The van der Waals surface area contributed by atoms with Crippen molar-refractivity contribution >= 4 is 72.0 Å². The number of sulfone groups is 1. The number of thioether (sulfide) groups is 1. The van der Waals surface area contributed by atoms with Crippen LogP contribution in [-0.2, 0) is 31.1 Å². The van der Waals surface area contributed by atoms with E-state index in [2.05, 4.69) is 53.9 Å². The molecule has 82 heavy (non-hydrogen) atoms. The molecular formula is C59H70ClF3N8O8S3. The number of ether oxygens (including phenoxy) is 1. The predicted octanol–water partition coefficient (Wildman–Crippen LogP) is 9.11. The molecule has 4 aliphatic rings. The van der Waals surface area contributed by atoms with Crippen molar-refractivity contribution in [3.05, 3.63) is 148 Å². The SMILES string of the molecule is CC1(CN2CCN(Cc3ccc(C(=O)O)cn3)CC2)CCC(c2ccc(Cl)cc2)=C(CN2CCN(c3ccc(C(=O)NS(=O)(=O)c4ccc(NC(CCN5CCCOCC5)CSc5ccccc5)c(S(=O)(=O)C(F)(F)F)c4)cc3)CC2)C1. The number of allylic oxidation sites excluding steroid dienone is 1. The smallest absolute Gasteiger partial charge is 0.478 e. The van der Waals surface area contributed by atoms with Gasteiger partial charge in [-0.05, 0) is 128 Å². The first-order chi connectivity index (χ1) is 39.2. The number of nitrogens with zero attached hydrogens (tertiary/aromatic N) is 6. The molecule has 16 nitrogen and oxygen atoms in total. The van der Waals surface area contributed by atoms with Crippen LogP contribution in [-0.4, -0.2) is 174 Å². The minimum absolute atomic E-state index is 0.0203. The maximum Gasteiger partial charge on any atom is 0.501 e. The van der Waals surface area contributed by atoms with Crippen LogP contribution in [0.1, 0.15) is 71.0 Å². The van der Waals surface area contributed by atoms with Crippen molar-refractivity contribution in [2.75, 3.05) is 114 Å². The van der Waals surface area contributed by atoms with Crippen LogP contribution in [0.2, 0.25) is 5.02 Å². The number of nitrogens with one attached hydrogen (secondary N) is 2. The number of hydrogen-bond acceptors (Lipinski definition) is 15. The molecule has 3 N–H and O–H groups in total. The van der Waals surface area contributed by atoms with E-state index in [4.69, 9.17) is 16.3 Å². The van der Waals surface area contributed by atoms with Gasteiger partial charge in [-0.3, -0.25) is 19.6 Å². The molecule has 4 aromatic carbocycles. The molecule has 3 saturated heterocycles. The van der Waals surface area contributed by atoms with Crippen LogP contribution >= 0.6 is 23.4 Å². The molecule has 23 heteroatoms. The number of aromatic carboxylic acids is 1. The second kappa shape index (κ2) is 27.0. The number of hydrogen-bond donors (Lipinski definition) is 3. The van der Waals surface area contributed by atoms with Crippen LogP contribution in [0, 0.1) is 5.41 Å². The van der Waals surface area contributed by atoms with E-state index in [0.717, 1.165) is 113 Å². The van der Waals surface area contributed by atoms with Gasteiger partial charge in [0.05, 0.1) is 28.4 Å². The summed E-state index contributed by atoms with van der Waals surface area (Å²) >= 11 is 7.79. The Morgan fingerprint density at radius 1 is 0.793 bits per heavy atom. The number of alkyl halides is 3. The number of anilines is 2. The lowest BCUT2D eigenvalue weighted by Crippen LogP contribution is -2.50. The van der Waals surface area contributed by atoms with Gasteiger partial charge < -0.3 is 29.9 Å². The molecule has 9 rings (SSSR count). The fourth-order valence-electron chi connectivity index (χ4n) is 11.2. The molecule has 3 aliphatic heterocycles. The summed E-state index contributed by atoms with van der Waals surface area (Å²) in [7, 11) is -11.0. The van der Waals surface area contributed by atoms with E-state index < -0.39 is 58.8 Å². The molecule has 1 aromatic heterocycles. The molecule has 440 valence electrons. The van der Waals surface area contributed by atoms with Gasteiger partial charge in [-0.1, -0.05) is 54.4 Å². The number of amides is 1. The van der Waals surface area contributed by atoms with Crippen molar-refractivity contribution in [2.24, 2.45) is 5.41 Å². The monoisotopic (exact) mass is 1210 g/mol. The molecule has 0 bridgehead atoms. The Bertz CT molecular complexity index is 3250. The zero-order valence-corrected chi connectivity index (χ0v) is 49.0. The summed E-state index contributed by atoms with van der Waals surface area (Å²) in [5, 5.41) is 13.0. The van der Waals surface area contributed by atoms with Gasteiger partial charge in [0.2, 0.25) is 0 Å². The van der Waals surface area contributed by atoms with Crippen molar-refractivity contribution in [1.29, 1.82) is 0 Å². The number of carboxylic acids is 1. The quantitative estimate of drug-likeness (QED) is 0.0591. The summed E-state index contributed by atoms with van der Waals surface area (Å²) in [5.74, 6) is -1.67. The largest absolute Gasteiger partial charge is 0.501 e. The third-order valence-electron chi connectivity index (χ3n) is 15.8. The molecule has 0 saturated carbocycles. The summed E-state index contributed by atoms with van der Waals surface area (Å²) in [6.45, 7) is 14.6. The number of carboxylic acid groups (broad SMARTS) is 1. The van der Waals surface area contributed by atoms with Crippen molar-refractivity contribution in [2.45, 2.75) is 71.8 Å². The zero-order chi connectivity index (χ0) is 58.1. The molecule has 4 heterocycles. The Morgan fingerprint density at radius 3 is 2.16 bits per heavy atom. The van der Waals surface area contributed by atoms with Gasteiger partial charge in [-0.15, -0.1) is 11.8 Å². The standard InChI is InChI=1S/C59H70ClF3N8O8S3/c1-58(42-70-27-25-69(26-28-70)40-48-15-10-45(38-64-48)57(73)74)22-20-53(43-8-13-47(60)14-9-43)46(37-58)39-68-29-31-71(32-30-68)50-16-11-44(12-17-50)56(72)66-82(77,78)52-18-19-54(55(36-52)81(75,76)59(61,62)63)65-49(41-80-51-6-3-2-4-7-51)21-24-67-23-5-34-79-35-33-67/h2-4,6-19,36,38,49,65H,5,20-35,37,39-42H2,1H3,(H,66,72)(H,73,74). The number of carbonyl (C=O) groups is 2. The van der Waals surface area contributed by atoms with E-state index in [1.54, 1.807) is 24.3 Å². The van der Waals surface area contributed by atoms with E-state index in [1.807, 2.05) is 47.2 Å². The topological polar surface area (TPSA) is 185 Å². The van der Waals surface area contributed by atoms with Gasteiger partial charge in [0, 0.05) is 137 Å². The van der Waals surface area contributed by atoms with Gasteiger partial charge >= 0.3 is 11.5 Å². The van der Waals surface area contributed by atoms with E-state index >= 15 is 0 Å². The highest BCUT2D eigenvalue weighted by atomic mass is 35.5. The highest BCUT2D eigenvalue weighted by Gasteiger charge is 2.48. The number of pyridine rings is 1. The third kappa shape index (κ3) is 16.0. The number of aromatic nitrogens is 1. The average Bonchev–Trinajstić information content (AvgIpc) is 3.91. The molecular weight excluding hydrogens is 1140 g/mol. The van der Waals surface area contributed by atoms with E-state index in [9.17, 15) is 44.7 Å². The number of sulfonamides is 1. The van der Waals surface area contributed by atoms with E-state index in [1.165, 1.54) is 46.8 Å². The van der Waals surface area contributed by atoms with E-state index in [0.29, 0.717) is 69.2 Å². The van der Waals surface area contributed by atoms with Gasteiger partial charge in [0.25, 0.3) is 25.8 Å². The Morgan fingerprint density at radius 2 is 1.48 bits per heavy atom. The highest BCUT2D eigenvalue weighted by Crippen LogP contribution is 2.44. The highest BCUT2D eigenvalue weighted by molar-refractivity contribution is 7.99. The van der Waals surface area contributed by atoms with Gasteiger partial charge in [-0.25, -0.2) is 26.4 Å². The molecule has 2 unspecified atom stereocenters. The minimum atomic E-state index is -6.09. The Balaban J connectivity index is 0.819. The lowest BCUT2D eigenvalue weighted by Gasteiger charge is -2.44. The Kier molecular flexibility index (Phi) is 20.1. The first-order valence-electron chi connectivity index (χ1n) is 27.6. The number of piperazine rings is 2. The van der Waals surface area contributed by atoms with Crippen molar-refractivity contribution in [3.63, 3.8) is 0 Å². The van der Waals surface area contributed by atoms with Crippen molar-refractivity contribution in [3.8, 4) is 0 Å². The summed E-state index contributed by atoms with van der Waals surface area (Å²) in [5.41, 5.74) is -0.308. The van der Waals surface area contributed by atoms with Crippen molar-refractivity contribution in [1.82, 2.24) is 29.3 Å². The van der Waals surface area contributed by atoms with Crippen molar-refractivity contribution < 1.29 is 49.4 Å². The molecule has 1 amide bonds. The average molecular weight is 1210 g/mol. The molecule has 5 aromatic rings. The summed E-state index contributed by atoms with van der Waals surface area (Å²) in [4.78, 5) is 39.8. The van der Waals surface area contributed by atoms with Crippen LogP contribution in [0.3, 0.4) is 0 Å². The number of rotatable bonds is 21. The summed E-state index contributed by atoms with van der Waals surface area (Å²) in [6, 6.07) is 29.2. The lowest BCUT2D eigenvalue weighted by molar-refractivity contribution is -0.0436. The molecule has 0 spiro atoms. The van der Waals surface area contributed by atoms with Gasteiger partial charge in [-0.2, -0.15) is 13.2 Å². The maximum atomic E-state index is 14.3. The Hall–Kier alpha value is -5.56. The fourth-order valence-corrected chi connectivity index (χ4v) is 14.4. The third-order valence-corrected chi connectivity index (χ3v) is 20.1. The molecule has 0 radical (unpaired) electrons. The minimum Gasteiger partial charge on any atom is -0.478 e. The summed E-state index contributed by atoms with van der Waals surface area (Å²) in [6.07, 6.45) is 5.61. The van der Waals surface area contributed by atoms with Gasteiger partial charge in [0.1, 0.15) is 4.90 Å². The second-order valence-electron chi connectivity index (χ2n) is 21.9. The Labute approximate surface area is 488 Å². The van der Waals surface area contributed by atoms with Crippen LogP contribution in [0.4, 0.5) is 24.5 Å². The number of carbonyl (C=O) groups excluding carboxylic acids is 1. The zero-order valence-electron chi connectivity index (χ0n) is 45.8. The number of halogens is 4. The van der Waals surface area contributed by atoms with Crippen LogP contribution in [0.5, 0.6) is 0 Å².